The van der Waals surface area contributed by atoms with Crippen LogP contribution < -0.4 is 16.6 Å². The van der Waals surface area contributed by atoms with Crippen LogP contribution in [0, 0.1) is 11.2 Å². The van der Waals surface area contributed by atoms with E-state index in [2.05, 4.69) is 15.3 Å². The molecule has 7 rings (SSSR count). The van der Waals surface area contributed by atoms with Crippen LogP contribution in [0.25, 0.3) is 27.8 Å². The lowest BCUT2D eigenvalue weighted by atomic mass is 9.76. The van der Waals surface area contributed by atoms with Crippen molar-refractivity contribution in [2.45, 2.75) is 52.2 Å². The topological polar surface area (TPSA) is 153 Å². The quantitative estimate of drug-likeness (QED) is 0.251. The average molecular weight is 625 g/mol. The first kappa shape index (κ1) is 29.3. The van der Waals surface area contributed by atoms with Crippen LogP contribution in [0.2, 0.25) is 0 Å². The molecular formula is C33H33FN8O4. The Bertz CT molecular complexity index is 2090. The van der Waals surface area contributed by atoms with Gasteiger partial charge in [0.1, 0.15) is 29.2 Å². The third kappa shape index (κ3) is 4.53. The maximum atomic E-state index is 15.9. The predicted octanol–water partition coefficient (Wildman–Crippen LogP) is 4.92. The van der Waals surface area contributed by atoms with Gasteiger partial charge in [0, 0.05) is 36.1 Å². The van der Waals surface area contributed by atoms with E-state index in [1.165, 1.54) is 28.0 Å². The van der Waals surface area contributed by atoms with Gasteiger partial charge < -0.3 is 25.6 Å². The largest absolute Gasteiger partial charge is 0.465 e. The summed E-state index contributed by atoms with van der Waals surface area (Å²) in [4.78, 5) is 48.9. The van der Waals surface area contributed by atoms with E-state index in [1.54, 1.807) is 12.3 Å². The number of rotatable bonds is 5. The third-order valence-corrected chi connectivity index (χ3v) is 8.99. The van der Waals surface area contributed by atoms with Crippen LogP contribution in [0.3, 0.4) is 0 Å². The number of hydrogen-bond acceptors (Lipinski definition) is 6. The SMILES string of the molecule is CC(C)(C)C1C(n2cc(-c3ccc(NC(=O)c4c5n(n(-c6ccccc6)c4=O)CCC5)cc3F)c3c(N)ncnc32)CN1C(=O)O. The molecule has 2 atom stereocenters. The number of hydrogen-bond donors (Lipinski definition) is 3. The summed E-state index contributed by atoms with van der Waals surface area (Å²) in [5.41, 5.74) is 8.16. The average Bonchev–Trinajstić information content (AvgIpc) is 3.65. The standard InChI is InChI=1S/C33H33FN8O4/c1-33(2,3)27-24(16-40(27)32(45)46)39-15-21(25-28(35)36-17-37-29(25)39)20-12-11-18(14-22(20)34)38-30(43)26-23-10-7-13-41(23)42(31(26)44)19-8-5-4-6-9-19/h4-6,8-9,11-12,14-15,17,24,27H,7,10,13,16H2,1-3H3,(H,38,43)(H,45,46)(H2,35,36,37). The van der Waals surface area contributed by atoms with Crippen molar-refractivity contribution < 1.29 is 19.1 Å². The molecule has 1 saturated heterocycles. The lowest BCUT2D eigenvalue weighted by Gasteiger charge is -2.53. The number of anilines is 2. The van der Waals surface area contributed by atoms with E-state index in [4.69, 9.17) is 5.73 Å². The summed E-state index contributed by atoms with van der Waals surface area (Å²) in [5, 5.41) is 12.9. The van der Waals surface area contributed by atoms with Gasteiger partial charge in [-0.1, -0.05) is 39.0 Å². The molecule has 46 heavy (non-hydrogen) atoms. The van der Waals surface area contributed by atoms with Gasteiger partial charge in [0.15, 0.2) is 0 Å². The molecule has 5 aromatic rings. The van der Waals surface area contributed by atoms with Gasteiger partial charge in [0.05, 0.1) is 28.9 Å². The van der Waals surface area contributed by atoms with Gasteiger partial charge >= 0.3 is 6.09 Å². The minimum Gasteiger partial charge on any atom is -0.465 e. The fourth-order valence-corrected chi connectivity index (χ4v) is 7.06. The smallest absolute Gasteiger partial charge is 0.407 e. The molecule has 5 heterocycles. The molecule has 2 unspecified atom stereocenters. The maximum absolute atomic E-state index is 15.9. The molecule has 2 amide bonds. The monoisotopic (exact) mass is 624 g/mol. The summed E-state index contributed by atoms with van der Waals surface area (Å²) < 4.78 is 21.1. The molecule has 2 aliphatic rings. The highest BCUT2D eigenvalue weighted by atomic mass is 19.1. The molecule has 0 bridgehead atoms. The number of amides is 2. The zero-order valence-corrected chi connectivity index (χ0v) is 25.6. The van der Waals surface area contributed by atoms with E-state index >= 15 is 4.39 Å². The van der Waals surface area contributed by atoms with Crippen molar-refractivity contribution in [1.82, 2.24) is 28.8 Å². The Morgan fingerprint density at radius 1 is 1.09 bits per heavy atom. The summed E-state index contributed by atoms with van der Waals surface area (Å²) in [6.45, 7) is 6.78. The van der Waals surface area contributed by atoms with E-state index in [-0.39, 0.29) is 46.7 Å². The number of fused-ring (bicyclic) bond motifs is 2. The summed E-state index contributed by atoms with van der Waals surface area (Å²) in [6, 6.07) is 12.8. The number of nitrogen functional groups attached to an aromatic ring is 1. The lowest BCUT2D eigenvalue weighted by Crippen LogP contribution is -2.63. The molecule has 2 aliphatic heterocycles. The van der Waals surface area contributed by atoms with Gasteiger partial charge in [-0.2, -0.15) is 0 Å². The molecule has 4 N–H and O–H groups in total. The Morgan fingerprint density at radius 3 is 2.54 bits per heavy atom. The first-order chi connectivity index (χ1) is 22.0. The van der Waals surface area contributed by atoms with Crippen LogP contribution in [0.1, 0.15) is 49.3 Å². The number of likely N-dealkylation sites (tertiary alicyclic amines) is 1. The number of nitrogens with zero attached hydrogens (tertiary/aromatic N) is 6. The highest BCUT2D eigenvalue weighted by Crippen LogP contribution is 2.45. The van der Waals surface area contributed by atoms with Crippen molar-refractivity contribution in [2.75, 3.05) is 17.6 Å². The van der Waals surface area contributed by atoms with Gasteiger partial charge in [-0.3, -0.25) is 14.3 Å². The van der Waals surface area contributed by atoms with Gasteiger partial charge in [-0.25, -0.2) is 23.8 Å². The number of para-hydroxylation sites is 1. The summed E-state index contributed by atoms with van der Waals surface area (Å²) in [5.74, 6) is -1.07. The van der Waals surface area contributed by atoms with Crippen molar-refractivity contribution >= 4 is 34.5 Å². The van der Waals surface area contributed by atoms with E-state index in [1.807, 2.05) is 60.4 Å². The molecule has 13 heteroatoms. The number of nitrogens with two attached hydrogens (primary N) is 1. The number of benzene rings is 2. The minimum absolute atomic E-state index is 0.0446. The second kappa shape index (κ2) is 10.6. The molecule has 0 saturated carbocycles. The minimum atomic E-state index is -1.00. The summed E-state index contributed by atoms with van der Waals surface area (Å²) in [7, 11) is 0. The molecule has 0 spiro atoms. The van der Waals surface area contributed by atoms with Crippen LogP contribution in [-0.2, 0) is 13.0 Å². The van der Waals surface area contributed by atoms with Crippen LogP contribution in [0.5, 0.6) is 0 Å². The van der Waals surface area contributed by atoms with Crippen LogP contribution in [0.15, 0.2) is 65.8 Å². The van der Waals surface area contributed by atoms with E-state index in [9.17, 15) is 19.5 Å². The van der Waals surface area contributed by atoms with Crippen molar-refractivity contribution in [3.63, 3.8) is 0 Å². The molecule has 1 fully saturated rings. The number of carbonyl (C=O) groups is 2. The molecule has 236 valence electrons. The molecule has 2 aromatic carbocycles. The number of carbonyl (C=O) groups excluding carboxylic acids is 1. The highest BCUT2D eigenvalue weighted by Gasteiger charge is 2.50. The maximum Gasteiger partial charge on any atom is 0.407 e. The molecular weight excluding hydrogens is 591 g/mol. The Balaban J connectivity index is 1.23. The summed E-state index contributed by atoms with van der Waals surface area (Å²) >= 11 is 0. The van der Waals surface area contributed by atoms with Crippen molar-refractivity contribution in [2.24, 2.45) is 5.41 Å². The Hall–Kier alpha value is -5.46. The number of carboxylic acid groups (broad SMARTS) is 1. The van der Waals surface area contributed by atoms with Crippen molar-refractivity contribution in [3.05, 3.63) is 88.5 Å². The Kier molecular flexibility index (Phi) is 6.72. The van der Waals surface area contributed by atoms with E-state index in [0.29, 0.717) is 40.9 Å². The van der Waals surface area contributed by atoms with Crippen molar-refractivity contribution in [1.29, 1.82) is 0 Å². The van der Waals surface area contributed by atoms with Gasteiger partial charge in [-0.15, -0.1) is 0 Å². The summed E-state index contributed by atoms with van der Waals surface area (Å²) in [6.07, 6.45) is 3.45. The van der Waals surface area contributed by atoms with Gasteiger partial charge in [0.2, 0.25) is 0 Å². The Morgan fingerprint density at radius 2 is 1.85 bits per heavy atom. The first-order valence-electron chi connectivity index (χ1n) is 15.1. The fourth-order valence-electron chi connectivity index (χ4n) is 7.06. The predicted molar refractivity (Wildman–Crippen MR) is 171 cm³/mol. The second-order valence-electron chi connectivity index (χ2n) is 12.9. The second-order valence-corrected chi connectivity index (χ2v) is 12.9. The molecule has 3 aromatic heterocycles. The van der Waals surface area contributed by atoms with Gasteiger partial charge in [0.25, 0.3) is 11.5 Å². The molecule has 0 aliphatic carbocycles. The third-order valence-electron chi connectivity index (χ3n) is 8.99. The fraction of sp³-hybridized carbons (Fsp3) is 0.303. The number of aromatic nitrogens is 5. The molecule has 0 radical (unpaired) electrons. The zero-order valence-electron chi connectivity index (χ0n) is 25.6. The highest BCUT2D eigenvalue weighted by molar-refractivity contribution is 6.05. The van der Waals surface area contributed by atoms with Gasteiger partial charge in [-0.05, 0) is 48.6 Å². The van der Waals surface area contributed by atoms with E-state index < -0.39 is 23.4 Å². The van der Waals surface area contributed by atoms with Crippen LogP contribution in [0.4, 0.5) is 20.7 Å². The zero-order chi connectivity index (χ0) is 32.5. The lowest BCUT2D eigenvalue weighted by molar-refractivity contribution is -0.0260. The van der Waals surface area contributed by atoms with Crippen LogP contribution in [-0.4, -0.2) is 58.5 Å². The van der Waals surface area contributed by atoms with Crippen molar-refractivity contribution in [3.8, 4) is 16.8 Å². The first-order valence-corrected chi connectivity index (χ1v) is 15.1. The molecule has 12 nitrogen and oxygen atoms in total. The number of nitrogens with one attached hydrogen (secondary N) is 1. The van der Waals surface area contributed by atoms with Crippen LogP contribution >= 0.6 is 0 Å². The van der Waals surface area contributed by atoms with E-state index in [0.717, 1.165) is 6.42 Å². The normalized spacial score (nSPS) is 17.6. The number of halogens is 1. The Labute approximate surface area is 262 Å².